The molecule has 2 amide bonds. The summed E-state index contributed by atoms with van der Waals surface area (Å²) in [6, 6.07) is -1.72. The Balaban J connectivity index is 2.52. The highest BCUT2D eigenvalue weighted by molar-refractivity contribution is 7.88. The van der Waals surface area contributed by atoms with Gasteiger partial charge in [0.05, 0.1) is 6.26 Å². The third kappa shape index (κ3) is 4.62. The molecule has 20 heavy (non-hydrogen) atoms. The lowest BCUT2D eigenvalue weighted by molar-refractivity contribution is -0.139. The van der Waals surface area contributed by atoms with Crippen molar-refractivity contribution in [3.63, 3.8) is 0 Å². The van der Waals surface area contributed by atoms with E-state index in [2.05, 4.69) is 5.32 Å². The molecule has 3 N–H and O–H groups in total. The van der Waals surface area contributed by atoms with Crippen molar-refractivity contribution in [1.29, 1.82) is 0 Å². The second-order valence-corrected chi connectivity index (χ2v) is 6.48. The number of urea groups is 1. The molecule has 9 nitrogen and oxygen atoms in total. The molecule has 0 aromatic carbocycles. The molecule has 1 aliphatic rings. The number of piperazine rings is 1. The number of aliphatic carboxylic acids is 1. The van der Waals surface area contributed by atoms with Crippen molar-refractivity contribution in [2.24, 2.45) is 0 Å². The largest absolute Gasteiger partial charge is 0.480 e. The molecule has 0 aromatic rings. The number of hydrogen-bond acceptors (Lipinski definition) is 5. The van der Waals surface area contributed by atoms with Gasteiger partial charge in [-0.3, -0.25) is 0 Å². The molecule has 1 fully saturated rings. The highest BCUT2D eigenvalue weighted by Gasteiger charge is 2.28. The summed E-state index contributed by atoms with van der Waals surface area (Å²) in [5.41, 5.74) is 0. The first-order chi connectivity index (χ1) is 9.25. The molecule has 116 valence electrons. The van der Waals surface area contributed by atoms with Crippen LogP contribution in [0.25, 0.3) is 0 Å². The zero-order chi connectivity index (χ0) is 15.3. The molecule has 1 rings (SSSR count). The summed E-state index contributed by atoms with van der Waals surface area (Å²) in [6.45, 7) is 0.418. The molecule has 1 aliphatic heterocycles. The van der Waals surface area contributed by atoms with E-state index in [1.807, 2.05) is 0 Å². The van der Waals surface area contributed by atoms with Crippen LogP contribution in [-0.2, 0) is 14.8 Å². The number of sulfonamides is 1. The van der Waals surface area contributed by atoms with Crippen molar-refractivity contribution in [2.75, 3.05) is 39.0 Å². The van der Waals surface area contributed by atoms with Crippen LogP contribution in [0.4, 0.5) is 4.79 Å². The maximum absolute atomic E-state index is 11.8. The van der Waals surface area contributed by atoms with Gasteiger partial charge in [-0.1, -0.05) is 0 Å². The molecule has 0 unspecified atom stereocenters. The lowest BCUT2D eigenvalue weighted by atomic mass is 10.2. The van der Waals surface area contributed by atoms with Crippen molar-refractivity contribution in [3.8, 4) is 0 Å². The summed E-state index contributed by atoms with van der Waals surface area (Å²) in [4.78, 5) is 24.1. The Labute approximate surface area is 117 Å². The van der Waals surface area contributed by atoms with Gasteiger partial charge in [0.15, 0.2) is 0 Å². The Kier molecular flexibility index (Phi) is 5.72. The minimum atomic E-state index is -3.27. The Bertz CT molecular complexity index is 458. The third-order valence-electron chi connectivity index (χ3n) is 3.01. The molecule has 1 heterocycles. The monoisotopic (exact) mass is 309 g/mol. The number of aliphatic hydroxyl groups excluding tert-OH is 1. The molecular weight excluding hydrogens is 290 g/mol. The molecule has 1 atom stereocenters. The van der Waals surface area contributed by atoms with Crippen LogP contribution in [0.15, 0.2) is 0 Å². The standard InChI is InChI=1S/C10H19N3O6S/c1-20(18,19)13-5-3-12(4-6-13)10(17)11-8(2-7-14)9(15)16/h8,14H,2-7H2,1H3,(H,11,17)(H,15,16)/t8-/m1/s1. The number of nitrogens with one attached hydrogen (secondary N) is 1. The number of rotatable bonds is 5. The predicted molar refractivity (Wildman–Crippen MR) is 69.6 cm³/mol. The predicted octanol–water partition coefficient (Wildman–Crippen LogP) is -1.89. The van der Waals surface area contributed by atoms with Crippen molar-refractivity contribution in [1.82, 2.24) is 14.5 Å². The maximum atomic E-state index is 11.8. The average Bonchev–Trinajstić information content (AvgIpc) is 2.37. The van der Waals surface area contributed by atoms with Gasteiger partial charge in [-0.25, -0.2) is 18.0 Å². The summed E-state index contributed by atoms with van der Waals surface area (Å²) in [6.07, 6.45) is 1.02. The number of aliphatic hydroxyl groups is 1. The molecule has 1 saturated heterocycles. The highest BCUT2D eigenvalue weighted by Crippen LogP contribution is 2.06. The van der Waals surface area contributed by atoms with Gasteiger partial charge in [-0.2, -0.15) is 4.31 Å². The second kappa shape index (κ2) is 6.86. The van der Waals surface area contributed by atoms with Crippen molar-refractivity contribution >= 4 is 22.0 Å². The van der Waals surface area contributed by atoms with Crippen LogP contribution in [0.5, 0.6) is 0 Å². The Hall–Kier alpha value is -1.39. The van der Waals surface area contributed by atoms with Gasteiger partial charge in [0, 0.05) is 39.2 Å². The zero-order valence-corrected chi connectivity index (χ0v) is 12.0. The number of carboxylic acid groups (broad SMARTS) is 1. The van der Waals surface area contributed by atoms with Gasteiger partial charge in [0.1, 0.15) is 6.04 Å². The molecular formula is C10H19N3O6S. The van der Waals surface area contributed by atoms with Crippen LogP contribution in [0.2, 0.25) is 0 Å². The smallest absolute Gasteiger partial charge is 0.326 e. The summed E-state index contributed by atoms with van der Waals surface area (Å²) < 4.78 is 23.9. The first-order valence-corrected chi connectivity index (χ1v) is 7.94. The van der Waals surface area contributed by atoms with Gasteiger partial charge in [0.25, 0.3) is 0 Å². The van der Waals surface area contributed by atoms with E-state index in [0.29, 0.717) is 0 Å². The number of hydrogen-bond donors (Lipinski definition) is 3. The number of carboxylic acids is 1. The van der Waals surface area contributed by atoms with Gasteiger partial charge in [-0.15, -0.1) is 0 Å². The average molecular weight is 309 g/mol. The van der Waals surface area contributed by atoms with Crippen molar-refractivity contribution in [3.05, 3.63) is 0 Å². The van der Waals surface area contributed by atoms with Gasteiger partial charge in [0.2, 0.25) is 10.0 Å². The molecule has 0 spiro atoms. The van der Waals surface area contributed by atoms with E-state index in [4.69, 9.17) is 10.2 Å². The molecule has 10 heteroatoms. The van der Waals surface area contributed by atoms with E-state index in [1.165, 1.54) is 9.21 Å². The lowest BCUT2D eigenvalue weighted by Crippen LogP contribution is -2.55. The molecule has 0 saturated carbocycles. The number of nitrogens with zero attached hydrogens (tertiary/aromatic N) is 2. The van der Waals surface area contributed by atoms with E-state index in [9.17, 15) is 18.0 Å². The van der Waals surface area contributed by atoms with Crippen LogP contribution in [0.1, 0.15) is 6.42 Å². The molecule has 0 aliphatic carbocycles. The zero-order valence-electron chi connectivity index (χ0n) is 11.2. The SMILES string of the molecule is CS(=O)(=O)N1CCN(C(=O)N[C@H](CCO)C(=O)O)CC1. The molecule has 0 aromatic heterocycles. The van der Waals surface area contributed by atoms with Crippen LogP contribution < -0.4 is 5.32 Å². The van der Waals surface area contributed by atoms with E-state index >= 15 is 0 Å². The number of amides is 2. The first kappa shape index (κ1) is 16.7. The fraction of sp³-hybridized carbons (Fsp3) is 0.800. The topological polar surface area (TPSA) is 127 Å². The minimum absolute atomic E-state index is 0.0790. The van der Waals surface area contributed by atoms with Crippen LogP contribution in [-0.4, -0.2) is 84.9 Å². The minimum Gasteiger partial charge on any atom is -0.480 e. The van der Waals surface area contributed by atoms with E-state index in [1.54, 1.807) is 0 Å². The van der Waals surface area contributed by atoms with Crippen LogP contribution in [0, 0.1) is 0 Å². The van der Waals surface area contributed by atoms with E-state index < -0.39 is 28.1 Å². The van der Waals surface area contributed by atoms with Gasteiger partial charge >= 0.3 is 12.0 Å². The van der Waals surface area contributed by atoms with E-state index in [0.717, 1.165) is 6.26 Å². The quantitative estimate of drug-likeness (QED) is 0.545. The Morgan fingerprint density at radius 1 is 1.25 bits per heavy atom. The summed E-state index contributed by atoms with van der Waals surface area (Å²) in [5, 5.41) is 19.9. The number of carbonyl (C=O) groups is 2. The maximum Gasteiger partial charge on any atom is 0.326 e. The highest BCUT2D eigenvalue weighted by atomic mass is 32.2. The lowest BCUT2D eigenvalue weighted by Gasteiger charge is -2.33. The van der Waals surface area contributed by atoms with Crippen LogP contribution in [0.3, 0.4) is 0 Å². The number of carbonyl (C=O) groups excluding carboxylic acids is 1. The fourth-order valence-corrected chi connectivity index (χ4v) is 2.68. The Morgan fingerprint density at radius 3 is 2.20 bits per heavy atom. The summed E-state index contributed by atoms with van der Waals surface area (Å²) >= 11 is 0. The summed E-state index contributed by atoms with van der Waals surface area (Å²) in [7, 11) is -3.27. The third-order valence-corrected chi connectivity index (χ3v) is 4.31. The van der Waals surface area contributed by atoms with Crippen molar-refractivity contribution in [2.45, 2.75) is 12.5 Å². The normalized spacial score (nSPS) is 18.6. The molecule has 0 radical (unpaired) electrons. The van der Waals surface area contributed by atoms with Gasteiger partial charge < -0.3 is 20.4 Å². The van der Waals surface area contributed by atoms with Crippen molar-refractivity contribution < 1.29 is 28.2 Å². The molecule has 0 bridgehead atoms. The van der Waals surface area contributed by atoms with Gasteiger partial charge in [-0.05, 0) is 0 Å². The Morgan fingerprint density at radius 2 is 1.80 bits per heavy atom. The summed E-state index contributed by atoms with van der Waals surface area (Å²) in [5.74, 6) is -1.22. The second-order valence-electron chi connectivity index (χ2n) is 4.50. The fourth-order valence-electron chi connectivity index (χ4n) is 1.85. The first-order valence-electron chi connectivity index (χ1n) is 6.10. The van der Waals surface area contributed by atoms with E-state index in [-0.39, 0.29) is 39.2 Å². The van der Waals surface area contributed by atoms with Crippen LogP contribution >= 0.6 is 0 Å².